The smallest absolute Gasteiger partial charge is 0.191 e. The molecular weight excluding hydrogens is 435 g/mol. The van der Waals surface area contributed by atoms with Gasteiger partial charge in [0, 0.05) is 31.5 Å². The monoisotopic (exact) mass is 468 g/mol. The maximum Gasteiger partial charge on any atom is 0.191 e. The van der Waals surface area contributed by atoms with E-state index in [0.29, 0.717) is 6.54 Å². The van der Waals surface area contributed by atoms with Crippen molar-refractivity contribution in [3.05, 3.63) is 15.6 Å². The van der Waals surface area contributed by atoms with Gasteiger partial charge in [-0.25, -0.2) is 4.98 Å². The van der Waals surface area contributed by atoms with Gasteiger partial charge in [0.05, 0.1) is 23.4 Å². The van der Waals surface area contributed by atoms with Crippen molar-refractivity contribution in [2.24, 2.45) is 10.4 Å². The van der Waals surface area contributed by atoms with E-state index < -0.39 is 0 Å². The van der Waals surface area contributed by atoms with E-state index in [2.05, 4.69) is 62.2 Å². The van der Waals surface area contributed by atoms with Crippen molar-refractivity contribution < 1.29 is 4.74 Å². The summed E-state index contributed by atoms with van der Waals surface area (Å²) in [4.78, 5) is 10.5. The zero-order valence-corrected chi connectivity index (χ0v) is 19.2. The number of aliphatic imine (C=N–C) groups is 1. The van der Waals surface area contributed by atoms with Crippen LogP contribution < -0.4 is 10.6 Å². The number of halogens is 1. The normalized spacial score (nSPS) is 13.4. The Morgan fingerprint density at radius 2 is 1.96 bits per heavy atom. The lowest BCUT2D eigenvalue weighted by Crippen LogP contribution is -2.40. The second-order valence-electron chi connectivity index (χ2n) is 6.74. The van der Waals surface area contributed by atoms with Gasteiger partial charge in [0.1, 0.15) is 0 Å². The molecule has 1 aromatic rings. The van der Waals surface area contributed by atoms with Gasteiger partial charge in [-0.1, -0.05) is 20.8 Å². The molecule has 140 valence electrons. The molecule has 0 spiro atoms. The van der Waals surface area contributed by atoms with Gasteiger partial charge >= 0.3 is 0 Å². The first-order valence-corrected chi connectivity index (χ1v) is 9.07. The molecule has 2 N–H and O–H groups in total. The summed E-state index contributed by atoms with van der Waals surface area (Å²) in [6, 6.07) is 0. The van der Waals surface area contributed by atoms with Gasteiger partial charge in [-0.05, 0) is 26.2 Å². The molecular formula is C17H33IN4OS. The van der Waals surface area contributed by atoms with Crippen LogP contribution in [-0.2, 0) is 11.2 Å². The van der Waals surface area contributed by atoms with Crippen molar-refractivity contribution in [1.82, 2.24) is 15.6 Å². The standard InChI is InChI=1S/C17H32N4OS.HI/c1-8-18-16(20-11-14(22-7)17(4,5)6)19-10-9-15-21-12(2)13(3)23-15;/h14H,8-11H2,1-7H3,(H2,18,19,20);1H. The third kappa shape index (κ3) is 8.11. The summed E-state index contributed by atoms with van der Waals surface area (Å²) in [5.74, 6) is 0.837. The second kappa shape index (κ2) is 11.3. The molecule has 0 saturated heterocycles. The summed E-state index contributed by atoms with van der Waals surface area (Å²) in [5.41, 5.74) is 1.21. The van der Waals surface area contributed by atoms with Gasteiger partial charge in [0.2, 0.25) is 0 Å². The third-order valence-electron chi connectivity index (χ3n) is 3.71. The fourth-order valence-electron chi connectivity index (χ4n) is 2.15. The van der Waals surface area contributed by atoms with Crippen LogP contribution in [0.5, 0.6) is 0 Å². The van der Waals surface area contributed by atoms with Crippen molar-refractivity contribution in [3.8, 4) is 0 Å². The fourth-order valence-corrected chi connectivity index (χ4v) is 3.09. The Bertz CT molecular complexity index is 492. The molecule has 0 radical (unpaired) electrons. The fraction of sp³-hybridized carbons (Fsp3) is 0.765. The van der Waals surface area contributed by atoms with Crippen LogP contribution in [0.1, 0.15) is 43.3 Å². The first kappa shape index (κ1) is 23.6. The van der Waals surface area contributed by atoms with E-state index >= 15 is 0 Å². The predicted molar refractivity (Wildman–Crippen MR) is 115 cm³/mol. The zero-order chi connectivity index (χ0) is 17.5. The highest BCUT2D eigenvalue weighted by atomic mass is 127. The van der Waals surface area contributed by atoms with Crippen LogP contribution in [0.3, 0.4) is 0 Å². The number of nitrogens with one attached hydrogen (secondary N) is 2. The molecule has 0 bridgehead atoms. The molecule has 1 unspecified atom stereocenters. The van der Waals surface area contributed by atoms with E-state index in [0.717, 1.165) is 31.2 Å². The van der Waals surface area contributed by atoms with E-state index in [9.17, 15) is 0 Å². The highest BCUT2D eigenvalue weighted by molar-refractivity contribution is 14.0. The van der Waals surface area contributed by atoms with Crippen molar-refractivity contribution in [3.63, 3.8) is 0 Å². The van der Waals surface area contributed by atoms with Gasteiger partial charge < -0.3 is 15.4 Å². The first-order valence-electron chi connectivity index (χ1n) is 8.25. The van der Waals surface area contributed by atoms with Crippen LogP contribution in [0.2, 0.25) is 0 Å². The number of hydrogen-bond acceptors (Lipinski definition) is 4. The van der Waals surface area contributed by atoms with Gasteiger partial charge in [-0.3, -0.25) is 4.99 Å². The molecule has 0 fully saturated rings. The number of aryl methyl sites for hydroxylation is 2. The lowest BCUT2D eigenvalue weighted by atomic mass is 9.89. The molecule has 1 atom stereocenters. The molecule has 0 aromatic carbocycles. The lowest BCUT2D eigenvalue weighted by Gasteiger charge is -2.28. The molecule has 5 nitrogen and oxygen atoms in total. The Balaban J connectivity index is 0.00000529. The molecule has 0 aliphatic carbocycles. The van der Waals surface area contributed by atoms with Crippen molar-refractivity contribution >= 4 is 41.3 Å². The van der Waals surface area contributed by atoms with Crippen LogP contribution in [0.4, 0.5) is 0 Å². The number of hydrogen-bond donors (Lipinski definition) is 2. The Morgan fingerprint density at radius 1 is 1.29 bits per heavy atom. The maximum atomic E-state index is 5.56. The number of rotatable bonds is 7. The highest BCUT2D eigenvalue weighted by Crippen LogP contribution is 2.21. The number of guanidine groups is 1. The molecule has 1 heterocycles. The number of ether oxygens (including phenoxy) is 1. The summed E-state index contributed by atoms with van der Waals surface area (Å²) < 4.78 is 5.56. The minimum absolute atomic E-state index is 0. The summed E-state index contributed by atoms with van der Waals surface area (Å²) in [6.45, 7) is 15.1. The molecule has 24 heavy (non-hydrogen) atoms. The van der Waals surface area contributed by atoms with Crippen LogP contribution in [0, 0.1) is 19.3 Å². The third-order valence-corrected chi connectivity index (χ3v) is 4.85. The van der Waals surface area contributed by atoms with E-state index in [1.807, 2.05) is 0 Å². The van der Waals surface area contributed by atoms with Crippen LogP contribution in [0.15, 0.2) is 4.99 Å². The Labute approximate surface area is 168 Å². The van der Waals surface area contributed by atoms with Gasteiger partial charge in [-0.15, -0.1) is 35.3 Å². The Kier molecular flexibility index (Phi) is 11.1. The molecule has 0 amide bonds. The largest absolute Gasteiger partial charge is 0.379 e. The molecule has 1 aromatic heterocycles. The summed E-state index contributed by atoms with van der Waals surface area (Å²) in [6.07, 6.45) is 1.01. The molecule has 7 heteroatoms. The first-order chi connectivity index (χ1) is 10.8. The zero-order valence-electron chi connectivity index (χ0n) is 16.0. The molecule has 0 aliphatic heterocycles. The van der Waals surface area contributed by atoms with Crippen molar-refractivity contribution in [1.29, 1.82) is 0 Å². The van der Waals surface area contributed by atoms with Crippen molar-refractivity contribution in [2.75, 3.05) is 26.7 Å². The van der Waals surface area contributed by atoms with E-state index in [1.54, 1.807) is 18.4 Å². The highest BCUT2D eigenvalue weighted by Gasteiger charge is 2.24. The maximum absolute atomic E-state index is 5.56. The molecule has 0 saturated carbocycles. The predicted octanol–water partition coefficient (Wildman–Crippen LogP) is 3.54. The lowest BCUT2D eigenvalue weighted by molar-refractivity contribution is 0.0241. The van der Waals surface area contributed by atoms with Crippen molar-refractivity contribution in [2.45, 2.75) is 54.1 Å². The van der Waals surface area contributed by atoms with Gasteiger partial charge in [0.25, 0.3) is 0 Å². The van der Waals surface area contributed by atoms with E-state index in [1.165, 1.54) is 9.88 Å². The quantitative estimate of drug-likeness (QED) is 0.365. The number of nitrogens with zero attached hydrogens (tertiary/aromatic N) is 2. The minimum atomic E-state index is 0. The SMILES string of the molecule is CCNC(=NCC(OC)C(C)(C)C)NCCc1nc(C)c(C)s1.I. The molecule has 0 aliphatic rings. The molecule has 1 rings (SSSR count). The Hall–Kier alpha value is -0.410. The minimum Gasteiger partial charge on any atom is -0.379 e. The number of thiazole rings is 1. The van der Waals surface area contributed by atoms with E-state index in [-0.39, 0.29) is 35.5 Å². The van der Waals surface area contributed by atoms with Gasteiger partial charge in [-0.2, -0.15) is 0 Å². The average Bonchev–Trinajstić information content (AvgIpc) is 2.76. The second-order valence-corrected chi connectivity index (χ2v) is 8.02. The Morgan fingerprint density at radius 3 is 2.42 bits per heavy atom. The number of aromatic nitrogens is 1. The van der Waals surface area contributed by atoms with Crippen LogP contribution in [-0.4, -0.2) is 43.8 Å². The van der Waals surface area contributed by atoms with Gasteiger partial charge in [0.15, 0.2) is 5.96 Å². The number of methoxy groups -OCH3 is 1. The van der Waals surface area contributed by atoms with Crippen LogP contribution >= 0.6 is 35.3 Å². The topological polar surface area (TPSA) is 58.5 Å². The van der Waals surface area contributed by atoms with Crippen LogP contribution in [0.25, 0.3) is 0 Å². The summed E-state index contributed by atoms with van der Waals surface area (Å²) >= 11 is 1.77. The summed E-state index contributed by atoms with van der Waals surface area (Å²) in [5, 5.41) is 7.84. The average molecular weight is 468 g/mol. The summed E-state index contributed by atoms with van der Waals surface area (Å²) in [7, 11) is 1.75. The van der Waals surface area contributed by atoms with E-state index in [4.69, 9.17) is 4.74 Å².